The van der Waals surface area contributed by atoms with Crippen LogP contribution in [0.2, 0.25) is 0 Å². The highest BCUT2D eigenvalue weighted by molar-refractivity contribution is 5.88. The first-order valence-electron chi connectivity index (χ1n) is 9.16. The third kappa shape index (κ3) is 7.06. The van der Waals surface area contributed by atoms with E-state index in [0.29, 0.717) is 12.2 Å². The zero-order valence-electron chi connectivity index (χ0n) is 17.3. The molecule has 1 aromatic carbocycles. The fraction of sp³-hybridized carbons (Fsp3) is 0.476. The van der Waals surface area contributed by atoms with Crippen molar-refractivity contribution in [2.45, 2.75) is 65.7 Å². The molecule has 1 heterocycles. The Hall–Kier alpha value is -2.83. The van der Waals surface area contributed by atoms with Gasteiger partial charge in [-0.3, -0.25) is 0 Å². The smallest absolute Gasteiger partial charge is 0.408 e. The number of alkyl carbamates (subject to hydrolysis) is 1. The second kappa shape index (κ2) is 8.46. The molecule has 0 saturated carbocycles. The van der Waals surface area contributed by atoms with Crippen LogP contribution in [0.1, 0.15) is 69.2 Å². The standard InChI is InChI=1S/C21H28N2O5/c1-20(2,3)27-18(24)17-15(12-14-10-8-7-9-11-14)26-16(23-17)13-22-19(25)28-21(4,5)6/h7-11H,12-13H2,1-6H3,(H,22,25). The highest BCUT2D eigenvalue weighted by Crippen LogP contribution is 2.20. The van der Waals surface area contributed by atoms with Crippen LogP contribution < -0.4 is 5.32 Å². The lowest BCUT2D eigenvalue weighted by Gasteiger charge is -2.19. The van der Waals surface area contributed by atoms with Gasteiger partial charge in [0.05, 0.1) is 6.54 Å². The number of carbonyl (C=O) groups is 2. The topological polar surface area (TPSA) is 90.7 Å². The number of esters is 1. The second-order valence-corrected chi connectivity index (χ2v) is 8.40. The molecule has 28 heavy (non-hydrogen) atoms. The van der Waals surface area contributed by atoms with Crippen molar-refractivity contribution in [3.63, 3.8) is 0 Å². The monoisotopic (exact) mass is 388 g/mol. The van der Waals surface area contributed by atoms with Gasteiger partial charge in [-0.05, 0) is 47.1 Å². The van der Waals surface area contributed by atoms with Gasteiger partial charge in [0.15, 0.2) is 5.69 Å². The number of nitrogens with zero attached hydrogens (tertiary/aromatic N) is 1. The molecule has 152 valence electrons. The predicted octanol–water partition coefficient (Wildman–Crippen LogP) is 4.25. The molecule has 0 bridgehead atoms. The minimum absolute atomic E-state index is 0.000495. The van der Waals surface area contributed by atoms with E-state index in [-0.39, 0.29) is 18.1 Å². The molecule has 7 nitrogen and oxygen atoms in total. The summed E-state index contributed by atoms with van der Waals surface area (Å²) in [6, 6.07) is 9.59. The van der Waals surface area contributed by atoms with Gasteiger partial charge in [-0.2, -0.15) is 0 Å². The third-order valence-electron chi connectivity index (χ3n) is 3.32. The van der Waals surface area contributed by atoms with Crippen LogP contribution in [0.15, 0.2) is 34.7 Å². The highest BCUT2D eigenvalue weighted by Gasteiger charge is 2.26. The number of oxazole rings is 1. The van der Waals surface area contributed by atoms with E-state index >= 15 is 0 Å². The lowest BCUT2D eigenvalue weighted by atomic mass is 10.1. The maximum Gasteiger partial charge on any atom is 0.408 e. The van der Waals surface area contributed by atoms with Gasteiger partial charge in [-0.1, -0.05) is 30.3 Å². The van der Waals surface area contributed by atoms with Crippen molar-refractivity contribution in [2.24, 2.45) is 0 Å². The molecule has 0 unspecified atom stereocenters. The van der Waals surface area contributed by atoms with E-state index in [1.807, 2.05) is 30.3 Å². The molecule has 0 aliphatic heterocycles. The molecule has 0 fully saturated rings. The quantitative estimate of drug-likeness (QED) is 0.770. The Balaban J connectivity index is 2.19. The SMILES string of the molecule is CC(C)(C)OC(=O)NCc1nc(C(=O)OC(C)(C)C)c(Cc2ccccc2)o1. The molecule has 1 N–H and O–H groups in total. The Bertz CT molecular complexity index is 814. The number of nitrogens with one attached hydrogen (secondary N) is 1. The Morgan fingerprint density at radius 3 is 2.18 bits per heavy atom. The number of hydrogen-bond donors (Lipinski definition) is 1. The average Bonchev–Trinajstić information content (AvgIpc) is 2.94. The number of aromatic nitrogens is 1. The molecule has 1 amide bonds. The van der Waals surface area contributed by atoms with Crippen LogP contribution in [0.4, 0.5) is 4.79 Å². The van der Waals surface area contributed by atoms with E-state index in [1.165, 1.54) is 0 Å². The Kier molecular flexibility index (Phi) is 6.48. The van der Waals surface area contributed by atoms with Gasteiger partial charge in [-0.15, -0.1) is 0 Å². The van der Waals surface area contributed by atoms with Crippen molar-refractivity contribution in [2.75, 3.05) is 0 Å². The number of amides is 1. The lowest BCUT2D eigenvalue weighted by Crippen LogP contribution is -2.32. The molecule has 1 aromatic heterocycles. The number of rotatable bonds is 5. The van der Waals surface area contributed by atoms with Gasteiger partial charge in [0.1, 0.15) is 17.0 Å². The molecule has 0 aliphatic carbocycles. The molecule has 0 aliphatic rings. The van der Waals surface area contributed by atoms with Crippen molar-refractivity contribution >= 4 is 12.1 Å². The molecule has 0 spiro atoms. The minimum atomic E-state index is -0.658. The molecular formula is C21H28N2O5. The second-order valence-electron chi connectivity index (χ2n) is 8.40. The summed E-state index contributed by atoms with van der Waals surface area (Å²) in [5, 5.41) is 2.58. The number of benzene rings is 1. The van der Waals surface area contributed by atoms with Gasteiger partial charge in [0, 0.05) is 6.42 Å². The van der Waals surface area contributed by atoms with E-state index in [4.69, 9.17) is 13.9 Å². The Morgan fingerprint density at radius 2 is 1.61 bits per heavy atom. The van der Waals surface area contributed by atoms with Crippen LogP contribution >= 0.6 is 0 Å². The van der Waals surface area contributed by atoms with Crippen molar-refractivity contribution in [3.8, 4) is 0 Å². The van der Waals surface area contributed by atoms with Gasteiger partial charge in [-0.25, -0.2) is 14.6 Å². The molecule has 0 atom stereocenters. The summed E-state index contributed by atoms with van der Waals surface area (Å²) >= 11 is 0. The number of ether oxygens (including phenoxy) is 2. The van der Waals surface area contributed by atoms with Gasteiger partial charge in [0.25, 0.3) is 0 Å². The first kappa shape index (κ1) is 21.5. The van der Waals surface area contributed by atoms with Crippen LogP contribution in [0.3, 0.4) is 0 Å². The van der Waals surface area contributed by atoms with Crippen LogP contribution in [-0.4, -0.2) is 28.2 Å². The lowest BCUT2D eigenvalue weighted by molar-refractivity contribution is 0.00612. The molecule has 2 aromatic rings. The summed E-state index contributed by atoms with van der Waals surface area (Å²) in [5.74, 6) is 0.0322. The van der Waals surface area contributed by atoms with Crippen LogP contribution in [0.5, 0.6) is 0 Å². The van der Waals surface area contributed by atoms with E-state index in [0.717, 1.165) is 5.56 Å². The molecular weight excluding hydrogens is 360 g/mol. The van der Waals surface area contributed by atoms with Gasteiger partial charge >= 0.3 is 12.1 Å². The summed E-state index contributed by atoms with van der Waals surface area (Å²) < 4.78 is 16.4. The van der Waals surface area contributed by atoms with Crippen molar-refractivity contribution in [1.29, 1.82) is 0 Å². The normalized spacial score (nSPS) is 11.8. The van der Waals surface area contributed by atoms with Crippen molar-refractivity contribution in [1.82, 2.24) is 10.3 Å². The zero-order chi connectivity index (χ0) is 20.9. The summed E-state index contributed by atoms with van der Waals surface area (Å²) in [6.45, 7) is 10.7. The maximum atomic E-state index is 12.6. The number of carbonyl (C=O) groups excluding carboxylic acids is 2. The minimum Gasteiger partial charge on any atom is -0.455 e. The highest BCUT2D eigenvalue weighted by atomic mass is 16.6. The van der Waals surface area contributed by atoms with Crippen LogP contribution in [0.25, 0.3) is 0 Å². The largest absolute Gasteiger partial charge is 0.455 e. The summed E-state index contributed by atoms with van der Waals surface area (Å²) in [7, 11) is 0. The van der Waals surface area contributed by atoms with Gasteiger partial charge in [0.2, 0.25) is 5.89 Å². The summed E-state index contributed by atoms with van der Waals surface area (Å²) in [5.41, 5.74) is -0.189. The predicted molar refractivity (Wildman–Crippen MR) is 104 cm³/mol. The summed E-state index contributed by atoms with van der Waals surface area (Å²) in [6.07, 6.45) is -0.205. The Labute approximate surface area is 165 Å². The molecule has 0 radical (unpaired) electrons. The molecule has 2 rings (SSSR count). The van der Waals surface area contributed by atoms with E-state index in [9.17, 15) is 9.59 Å². The van der Waals surface area contributed by atoms with Crippen LogP contribution in [0, 0.1) is 0 Å². The first-order valence-corrected chi connectivity index (χ1v) is 9.16. The maximum absolute atomic E-state index is 12.6. The van der Waals surface area contributed by atoms with Gasteiger partial charge < -0.3 is 19.2 Å². The Morgan fingerprint density at radius 1 is 1.00 bits per heavy atom. The van der Waals surface area contributed by atoms with E-state index in [1.54, 1.807) is 41.5 Å². The average molecular weight is 388 g/mol. The fourth-order valence-corrected chi connectivity index (χ4v) is 2.32. The van der Waals surface area contributed by atoms with E-state index in [2.05, 4.69) is 10.3 Å². The first-order chi connectivity index (χ1) is 12.9. The zero-order valence-corrected chi connectivity index (χ0v) is 17.3. The van der Waals surface area contributed by atoms with Crippen molar-refractivity contribution < 1.29 is 23.5 Å². The fourth-order valence-electron chi connectivity index (χ4n) is 2.32. The third-order valence-corrected chi connectivity index (χ3v) is 3.32. The molecule has 7 heteroatoms. The van der Waals surface area contributed by atoms with Crippen molar-refractivity contribution in [3.05, 3.63) is 53.2 Å². The van der Waals surface area contributed by atoms with Crippen LogP contribution in [-0.2, 0) is 22.4 Å². The molecule has 0 saturated heterocycles. The van der Waals surface area contributed by atoms with E-state index < -0.39 is 23.3 Å². The summed E-state index contributed by atoms with van der Waals surface area (Å²) in [4.78, 5) is 28.6. The number of hydrogen-bond acceptors (Lipinski definition) is 6.